The van der Waals surface area contributed by atoms with E-state index in [9.17, 15) is 5.11 Å². The molecule has 2 heterocycles. The molecular formula is C16H27N3O. The second kappa shape index (κ2) is 6.27. The maximum absolute atomic E-state index is 9.35. The lowest BCUT2D eigenvalue weighted by Crippen LogP contribution is -2.38. The van der Waals surface area contributed by atoms with Gasteiger partial charge in [0.25, 0.3) is 0 Å². The highest BCUT2D eigenvalue weighted by molar-refractivity contribution is 5.10. The number of aromatic nitrogens is 2. The third kappa shape index (κ3) is 3.07. The van der Waals surface area contributed by atoms with Crippen LogP contribution in [0.4, 0.5) is 0 Å². The smallest absolute Gasteiger partial charge is 0.0537 e. The van der Waals surface area contributed by atoms with Crippen LogP contribution in [0.25, 0.3) is 0 Å². The zero-order valence-electron chi connectivity index (χ0n) is 12.5. The molecule has 4 heteroatoms. The molecule has 1 aromatic rings. The molecule has 1 saturated carbocycles. The molecule has 1 aliphatic carbocycles. The molecule has 20 heavy (non-hydrogen) atoms. The predicted octanol–water partition coefficient (Wildman–Crippen LogP) is 2.45. The molecule has 4 nitrogen and oxygen atoms in total. The summed E-state index contributed by atoms with van der Waals surface area (Å²) >= 11 is 0. The van der Waals surface area contributed by atoms with E-state index in [1.807, 2.05) is 6.20 Å². The van der Waals surface area contributed by atoms with Crippen molar-refractivity contribution in [1.82, 2.24) is 14.7 Å². The lowest BCUT2D eigenvalue weighted by Gasteiger charge is -2.35. The zero-order chi connectivity index (χ0) is 13.9. The molecule has 0 spiro atoms. The maximum atomic E-state index is 9.35. The fraction of sp³-hybridized carbons (Fsp3) is 0.812. The van der Waals surface area contributed by atoms with Gasteiger partial charge in [-0.05, 0) is 51.0 Å². The van der Waals surface area contributed by atoms with Crippen LogP contribution in [-0.4, -0.2) is 39.5 Å². The summed E-state index contributed by atoms with van der Waals surface area (Å²) < 4.78 is 2.13. The van der Waals surface area contributed by atoms with E-state index in [0.29, 0.717) is 18.6 Å². The van der Waals surface area contributed by atoms with Gasteiger partial charge in [0.2, 0.25) is 0 Å². The Kier molecular flexibility index (Phi) is 4.41. The van der Waals surface area contributed by atoms with Gasteiger partial charge in [0.15, 0.2) is 0 Å². The predicted molar refractivity (Wildman–Crippen MR) is 79.4 cm³/mol. The van der Waals surface area contributed by atoms with Crippen LogP contribution in [0.15, 0.2) is 12.4 Å². The van der Waals surface area contributed by atoms with Crippen molar-refractivity contribution < 1.29 is 5.11 Å². The lowest BCUT2D eigenvalue weighted by atomic mass is 9.85. The molecule has 2 atom stereocenters. The number of likely N-dealkylation sites (tertiary alicyclic amines) is 1. The van der Waals surface area contributed by atoms with E-state index in [-0.39, 0.29) is 0 Å². The van der Waals surface area contributed by atoms with Crippen LogP contribution in [0.2, 0.25) is 0 Å². The van der Waals surface area contributed by atoms with Gasteiger partial charge in [0, 0.05) is 37.5 Å². The highest BCUT2D eigenvalue weighted by Gasteiger charge is 2.25. The van der Waals surface area contributed by atoms with Crippen LogP contribution >= 0.6 is 0 Å². The highest BCUT2D eigenvalue weighted by atomic mass is 16.3. The van der Waals surface area contributed by atoms with Crippen LogP contribution in [0.1, 0.15) is 50.6 Å². The second-order valence-corrected chi connectivity index (χ2v) is 6.65. The molecule has 1 saturated heterocycles. The largest absolute Gasteiger partial charge is 0.396 e. The normalized spacial score (nSPS) is 26.4. The Morgan fingerprint density at radius 2 is 2.10 bits per heavy atom. The molecule has 2 aliphatic rings. The quantitative estimate of drug-likeness (QED) is 0.899. The van der Waals surface area contributed by atoms with E-state index >= 15 is 0 Å². The van der Waals surface area contributed by atoms with E-state index in [1.54, 1.807) is 0 Å². The maximum Gasteiger partial charge on any atom is 0.0537 e. The molecule has 0 aromatic carbocycles. The third-order valence-corrected chi connectivity index (χ3v) is 5.16. The number of aliphatic hydroxyl groups is 1. The Bertz CT molecular complexity index is 427. The summed E-state index contributed by atoms with van der Waals surface area (Å²) in [4.78, 5) is 2.50. The molecule has 1 aliphatic heterocycles. The number of hydrogen-bond donors (Lipinski definition) is 1. The summed E-state index contributed by atoms with van der Waals surface area (Å²) in [7, 11) is 0. The fourth-order valence-corrected chi connectivity index (χ4v) is 3.44. The summed E-state index contributed by atoms with van der Waals surface area (Å²) in [5.74, 6) is 1.31. The Labute approximate surface area is 121 Å². The monoisotopic (exact) mass is 277 g/mol. The Balaban J connectivity index is 1.59. The Morgan fingerprint density at radius 3 is 2.80 bits per heavy atom. The van der Waals surface area contributed by atoms with Gasteiger partial charge in [-0.25, -0.2) is 0 Å². The molecule has 112 valence electrons. The first-order valence-electron chi connectivity index (χ1n) is 8.13. The first-order valence-corrected chi connectivity index (χ1v) is 8.13. The van der Waals surface area contributed by atoms with Gasteiger partial charge in [-0.3, -0.25) is 9.58 Å². The first kappa shape index (κ1) is 14.1. The molecule has 0 amide bonds. The number of rotatable bonds is 5. The van der Waals surface area contributed by atoms with E-state index in [1.165, 1.54) is 37.7 Å². The molecule has 3 rings (SSSR count). The van der Waals surface area contributed by atoms with E-state index in [4.69, 9.17) is 0 Å². The average molecular weight is 277 g/mol. The topological polar surface area (TPSA) is 41.3 Å². The number of aliphatic hydroxyl groups excluding tert-OH is 1. The van der Waals surface area contributed by atoms with Crippen molar-refractivity contribution in [3.63, 3.8) is 0 Å². The van der Waals surface area contributed by atoms with Gasteiger partial charge in [0.1, 0.15) is 0 Å². The minimum absolute atomic E-state index is 0.324. The molecule has 1 N–H and O–H groups in total. The van der Waals surface area contributed by atoms with Gasteiger partial charge in [0.05, 0.1) is 6.20 Å². The van der Waals surface area contributed by atoms with Crippen molar-refractivity contribution in [1.29, 1.82) is 0 Å². The van der Waals surface area contributed by atoms with Crippen molar-refractivity contribution in [3.05, 3.63) is 18.0 Å². The van der Waals surface area contributed by atoms with Gasteiger partial charge in [-0.2, -0.15) is 5.10 Å². The van der Waals surface area contributed by atoms with Crippen molar-refractivity contribution in [3.8, 4) is 0 Å². The molecule has 1 aromatic heterocycles. The standard InChI is InChI=1S/C16H27N3O/c1-13(18-7-3-6-15(9-18)12-20)16-8-17-19(11-16)10-14-4-2-5-14/h8,11,13-15,20H,2-7,9-10,12H2,1H3. The highest BCUT2D eigenvalue weighted by Crippen LogP contribution is 2.29. The Morgan fingerprint density at radius 1 is 1.30 bits per heavy atom. The van der Waals surface area contributed by atoms with Crippen LogP contribution in [0.5, 0.6) is 0 Å². The average Bonchev–Trinajstić information content (AvgIpc) is 2.91. The summed E-state index contributed by atoms with van der Waals surface area (Å²) in [6.07, 6.45) is 10.8. The first-order chi connectivity index (χ1) is 9.76. The van der Waals surface area contributed by atoms with Crippen LogP contribution < -0.4 is 0 Å². The second-order valence-electron chi connectivity index (χ2n) is 6.65. The fourth-order valence-electron chi connectivity index (χ4n) is 3.44. The number of piperidine rings is 1. The molecule has 0 radical (unpaired) electrons. The van der Waals surface area contributed by atoms with Crippen molar-refractivity contribution >= 4 is 0 Å². The minimum Gasteiger partial charge on any atom is -0.396 e. The van der Waals surface area contributed by atoms with Crippen LogP contribution in [0.3, 0.4) is 0 Å². The molecule has 2 unspecified atom stereocenters. The molecule has 0 bridgehead atoms. The summed E-state index contributed by atoms with van der Waals surface area (Å²) in [6, 6.07) is 0.416. The molecular weight excluding hydrogens is 250 g/mol. The van der Waals surface area contributed by atoms with E-state index < -0.39 is 0 Å². The van der Waals surface area contributed by atoms with Gasteiger partial charge in [-0.1, -0.05) is 6.42 Å². The number of hydrogen-bond acceptors (Lipinski definition) is 3. The Hall–Kier alpha value is -0.870. The number of nitrogens with zero attached hydrogens (tertiary/aromatic N) is 3. The van der Waals surface area contributed by atoms with E-state index in [2.05, 4.69) is 27.8 Å². The van der Waals surface area contributed by atoms with Crippen LogP contribution in [-0.2, 0) is 6.54 Å². The lowest BCUT2D eigenvalue weighted by molar-refractivity contribution is 0.0935. The van der Waals surface area contributed by atoms with E-state index in [0.717, 1.165) is 25.6 Å². The summed E-state index contributed by atoms with van der Waals surface area (Å²) in [6.45, 7) is 5.84. The summed E-state index contributed by atoms with van der Waals surface area (Å²) in [5.41, 5.74) is 1.32. The van der Waals surface area contributed by atoms with Gasteiger partial charge >= 0.3 is 0 Å². The van der Waals surface area contributed by atoms with Crippen molar-refractivity contribution in [2.75, 3.05) is 19.7 Å². The molecule has 2 fully saturated rings. The summed E-state index contributed by atoms with van der Waals surface area (Å²) in [5, 5.41) is 13.9. The van der Waals surface area contributed by atoms with Crippen molar-refractivity contribution in [2.24, 2.45) is 11.8 Å². The van der Waals surface area contributed by atoms with Gasteiger partial charge < -0.3 is 5.11 Å². The van der Waals surface area contributed by atoms with Crippen LogP contribution in [0, 0.1) is 11.8 Å². The zero-order valence-corrected chi connectivity index (χ0v) is 12.5. The van der Waals surface area contributed by atoms with Crippen molar-refractivity contribution in [2.45, 2.75) is 51.6 Å². The third-order valence-electron chi connectivity index (χ3n) is 5.16. The SMILES string of the molecule is CC(c1cnn(CC2CCC2)c1)N1CCCC(CO)C1. The minimum atomic E-state index is 0.324. The van der Waals surface area contributed by atoms with Gasteiger partial charge in [-0.15, -0.1) is 0 Å².